The zero-order valence-electron chi connectivity index (χ0n) is 12.0. The number of carbonyl (C=O) groups is 1. The first-order valence-electron chi connectivity index (χ1n) is 6.77. The van der Waals surface area contributed by atoms with Crippen LogP contribution in [0.15, 0.2) is 36.7 Å². The van der Waals surface area contributed by atoms with E-state index < -0.39 is 0 Å². The van der Waals surface area contributed by atoms with E-state index in [1.807, 2.05) is 22.8 Å². The molecule has 3 rings (SSSR count). The summed E-state index contributed by atoms with van der Waals surface area (Å²) in [5, 5.41) is 4.27. The summed E-state index contributed by atoms with van der Waals surface area (Å²) >= 11 is 6.03. The summed E-state index contributed by atoms with van der Waals surface area (Å²) in [6.07, 6.45) is 3.23. The molecule has 0 fully saturated rings. The van der Waals surface area contributed by atoms with Crippen molar-refractivity contribution in [2.45, 2.75) is 6.54 Å². The van der Waals surface area contributed by atoms with Crippen molar-refractivity contribution in [1.82, 2.24) is 14.5 Å². The van der Waals surface area contributed by atoms with Gasteiger partial charge in [-0.25, -0.2) is 4.98 Å². The number of hydrogen-bond acceptors (Lipinski definition) is 3. The maximum Gasteiger partial charge on any atom is 0.274 e. The van der Waals surface area contributed by atoms with Gasteiger partial charge in [0.15, 0.2) is 0 Å². The van der Waals surface area contributed by atoms with Crippen molar-refractivity contribution >= 4 is 34.4 Å². The second kappa shape index (κ2) is 6.21. The number of ether oxygens (including phenoxy) is 1. The molecule has 1 aromatic carbocycles. The van der Waals surface area contributed by atoms with E-state index in [0.29, 0.717) is 29.8 Å². The number of hydrogen-bond donors (Lipinski definition) is 2. The Balaban J connectivity index is 2.00. The molecular formula is C15H15ClN4O2. The molecule has 3 aromatic rings. The number of carbonyl (C=O) groups excluding carboxylic acids is 1. The van der Waals surface area contributed by atoms with E-state index in [0.717, 1.165) is 10.9 Å². The van der Waals surface area contributed by atoms with E-state index in [1.54, 1.807) is 25.6 Å². The number of halogens is 1. The Morgan fingerprint density at radius 1 is 1.45 bits per heavy atom. The third-order valence-corrected chi connectivity index (χ3v) is 3.58. The molecule has 2 heterocycles. The molecule has 0 aliphatic rings. The van der Waals surface area contributed by atoms with Crippen LogP contribution in [0.5, 0.6) is 0 Å². The highest BCUT2D eigenvalue weighted by atomic mass is 35.5. The number of benzene rings is 1. The molecule has 0 bridgehead atoms. The van der Waals surface area contributed by atoms with Crippen LogP contribution < -0.4 is 5.32 Å². The van der Waals surface area contributed by atoms with Gasteiger partial charge in [0.1, 0.15) is 5.69 Å². The number of rotatable bonds is 5. The predicted octanol–water partition coefficient (Wildman–Crippen LogP) is 2.92. The average Bonchev–Trinajstić information content (AvgIpc) is 3.12. The lowest BCUT2D eigenvalue weighted by atomic mass is 10.2. The Bertz CT molecular complexity index is 795. The van der Waals surface area contributed by atoms with Crippen molar-refractivity contribution in [3.05, 3.63) is 47.4 Å². The second-order valence-corrected chi connectivity index (χ2v) is 5.21. The van der Waals surface area contributed by atoms with Crippen LogP contribution in [0.3, 0.4) is 0 Å². The third kappa shape index (κ3) is 2.84. The number of aromatic nitrogens is 3. The van der Waals surface area contributed by atoms with Gasteiger partial charge in [0.05, 0.1) is 6.61 Å². The van der Waals surface area contributed by atoms with E-state index in [1.165, 1.54) is 0 Å². The molecule has 6 nitrogen and oxygen atoms in total. The molecule has 0 radical (unpaired) electrons. The normalized spacial score (nSPS) is 11.0. The number of imidazole rings is 1. The van der Waals surface area contributed by atoms with E-state index in [2.05, 4.69) is 15.3 Å². The molecule has 0 aliphatic carbocycles. The van der Waals surface area contributed by atoms with E-state index in [-0.39, 0.29) is 5.91 Å². The molecule has 2 aromatic heterocycles. The molecule has 0 aliphatic heterocycles. The van der Waals surface area contributed by atoms with Gasteiger partial charge in [0.2, 0.25) is 5.95 Å². The monoisotopic (exact) mass is 318 g/mol. The van der Waals surface area contributed by atoms with Crippen LogP contribution >= 0.6 is 11.6 Å². The number of H-pyrrole nitrogens is 1. The Morgan fingerprint density at radius 3 is 3.05 bits per heavy atom. The van der Waals surface area contributed by atoms with Crippen LogP contribution in [0.1, 0.15) is 10.5 Å². The third-order valence-electron chi connectivity index (χ3n) is 3.35. The van der Waals surface area contributed by atoms with Crippen molar-refractivity contribution in [3.8, 4) is 0 Å². The summed E-state index contributed by atoms with van der Waals surface area (Å²) in [5.74, 6) is 0.171. The summed E-state index contributed by atoms with van der Waals surface area (Å²) in [4.78, 5) is 19.3. The number of nitrogens with zero attached hydrogens (tertiary/aromatic N) is 2. The number of methoxy groups -OCH3 is 1. The van der Waals surface area contributed by atoms with E-state index in [4.69, 9.17) is 16.3 Å². The van der Waals surface area contributed by atoms with Crippen LogP contribution in [-0.2, 0) is 11.3 Å². The van der Waals surface area contributed by atoms with Gasteiger partial charge >= 0.3 is 0 Å². The first-order valence-corrected chi connectivity index (χ1v) is 7.15. The van der Waals surface area contributed by atoms with Gasteiger partial charge in [-0.3, -0.25) is 10.1 Å². The molecule has 0 unspecified atom stereocenters. The van der Waals surface area contributed by atoms with Crippen molar-refractivity contribution < 1.29 is 9.53 Å². The fourth-order valence-corrected chi connectivity index (χ4v) is 2.54. The summed E-state index contributed by atoms with van der Waals surface area (Å²) in [6, 6.07) is 7.36. The first kappa shape index (κ1) is 14.6. The highest BCUT2D eigenvalue weighted by molar-refractivity contribution is 6.31. The maximum absolute atomic E-state index is 12.5. The zero-order valence-corrected chi connectivity index (χ0v) is 12.7. The summed E-state index contributed by atoms with van der Waals surface area (Å²) in [5.41, 5.74) is 1.47. The molecule has 7 heteroatoms. The molecule has 2 N–H and O–H groups in total. The van der Waals surface area contributed by atoms with Crippen LogP contribution in [0.4, 0.5) is 5.95 Å². The fourth-order valence-electron chi connectivity index (χ4n) is 2.36. The van der Waals surface area contributed by atoms with Crippen LogP contribution in [0.2, 0.25) is 5.02 Å². The number of fused-ring (bicyclic) bond motifs is 1. The number of amides is 1. The Kier molecular flexibility index (Phi) is 4.13. The minimum atomic E-state index is -0.238. The minimum absolute atomic E-state index is 0.238. The fraction of sp³-hybridized carbons (Fsp3) is 0.200. The van der Waals surface area contributed by atoms with Crippen molar-refractivity contribution in [2.24, 2.45) is 0 Å². The highest BCUT2D eigenvalue weighted by Gasteiger charge is 2.16. The van der Waals surface area contributed by atoms with E-state index >= 15 is 0 Å². The lowest BCUT2D eigenvalue weighted by Gasteiger charge is -2.09. The van der Waals surface area contributed by atoms with Crippen molar-refractivity contribution in [2.75, 3.05) is 19.0 Å². The Morgan fingerprint density at radius 2 is 2.32 bits per heavy atom. The SMILES string of the molecule is COCCn1c(C(=O)Nc2ncc[nH]2)cc2cc(Cl)ccc21. The zero-order chi connectivity index (χ0) is 15.5. The Labute approximate surface area is 132 Å². The van der Waals surface area contributed by atoms with Crippen LogP contribution in [-0.4, -0.2) is 34.2 Å². The first-order chi connectivity index (χ1) is 10.7. The second-order valence-electron chi connectivity index (χ2n) is 4.77. The molecule has 0 spiro atoms. The molecule has 114 valence electrons. The molecule has 22 heavy (non-hydrogen) atoms. The summed E-state index contributed by atoms with van der Waals surface area (Å²) in [7, 11) is 1.63. The standard InChI is InChI=1S/C15H15ClN4O2/c1-22-7-6-20-12-3-2-11(16)8-10(12)9-13(20)14(21)19-15-17-4-5-18-15/h2-5,8-9H,6-7H2,1H3,(H2,17,18,19,21). The number of nitrogens with one attached hydrogen (secondary N) is 2. The lowest BCUT2D eigenvalue weighted by molar-refractivity contribution is 0.101. The molecular weight excluding hydrogens is 304 g/mol. The number of anilines is 1. The van der Waals surface area contributed by atoms with Gasteiger partial charge in [-0.05, 0) is 24.3 Å². The summed E-state index contributed by atoms with van der Waals surface area (Å²) < 4.78 is 7.04. The largest absolute Gasteiger partial charge is 0.383 e. The van der Waals surface area contributed by atoms with Gasteiger partial charge in [0, 0.05) is 42.0 Å². The van der Waals surface area contributed by atoms with Crippen molar-refractivity contribution in [1.29, 1.82) is 0 Å². The molecule has 0 saturated heterocycles. The van der Waals surface area contributed by atoms with Gasteiger partial charge in [-0.1, -0.05) is 11.6 Å². The lowest BCUT2D eigenvalue weighted by Crippen LogP contribution is -2.19. The highest BCUT2D eigenvalue weighted by Crippen LogP contribution is 2.24. The van der Waals surface area contributed by atoms with Crippen LogP contribution in [0, 0.1) is 0 Å². The predicted molar refractivity (Wildman–Crippen MR) is 85.4 cm³/mol. The topological polar surface area (TPSA) is 71.9 Å². The number of aromatic amines is 1. The quantitative estimate of drug-likeness (QED) is 0.759. The minimum Gasteiger partial charge on any atom is -0.383 e. The smallest absolute Gasteiger partial charge is 0.274 e. The van der Waals surface area contributed by atoms with Gasteiger partial charge in [-0.2, -0.15) is 0 Å². The summed E-state index contributed by atoms with van der Waals surface area (Å²) in [6.45, 7) is 1.08. The van der Waals surface area contributed by atoms with Crippen molar-refractivity contribution in [3.63, 3.8) is 0 Å². The van der Waals surface area contributed by atoms with Gasteiger partial charge < -0.3 is 14.3 Å². The maximum atomic E-state index is 12.5. The van der Waals surface area contributed by atoms with Gasteiger partial charge in [0.25, 0.3) is 5.91 Å². The molecule has 0 atom stereocenters. The van der Waals surface area contributed by atoms with Gasteiger partial charge in [-0.15, -0.1) is 0 Å². The molecule has 1 amide bonds. The Hall–Kier alpha value is -2.31. The average molecular weight is 319 g/mol. The van der Waals surface area contributed by atoms with Crippen LogP contribution in [0.25, 0.3) is 10.9 Å². The molecule has 0 saturated carbocycles. The van der Waals surface area contributed by atoms with E-state index in [9.17, 15) is 4.79 Å².